The van der Waals surface area contributed by atoms with Crippen molar-refractivity contribution in [3.8, 4) is 5.75 Å². The van der Waals surface area contributed by atoms with Gasteiger partial charge in [0.2, 0.25) is 0 Å². The zero-order chi connectivity index (χ0) is 23.7. The van der Waals surface area contributed by atoms with Crippen LogP contribution in [-0.4, -0.2) is 41.2 Å². The number of halogens is 2. The van der Waals surface area contributed by atoms with E-state index in [1.54, 1.807) is 18.7 Å². The Kier molecular flexibility index (Phi) is 8.57. The molecule has 1 aromatic heterocycles. The molecule has 0 aliphatic heterocycles. The fraction of sp³-hybridized carbons (Fsp3) is 0.269. The second-order valence-corrected chi connectivity index (χ2v) is 10.1. The lowest BCUT2D eigenvalue weighted by molar-refractivity contribution is 0.0527. The number of carbonyl (C=O) groups is 1. The molecule has 4 aromatic rings. The first kappa shape index (κ1) is 26.4. The van der Waals surface area contributed by atoms with Crippen molar-refractivity contribution in [1.82, 2.24) is 9.47 Å². The van der Waals surface area contributed by atoms with Gasteiger partial charge in [0.1, 0.15) is 5.75 Å². The van der Waals surface area contributed by atoms with E-state index >= 15 is 0 Å². The van der Waals surface area contributed by atoms with Crippen molar-refractivity contribution < 1.29 is 14.6 Å². The predicted molar refractivity (Wildman–Crippen MR) is 146 cm³/mol. The number of ether oxygens (including phenoxy) is 1. The Morgan fingerprint density at radius 1 is 1.15 bits per heavy atom. The van der Waals surface area contributed by atoms with Crippen molar-refractivity contribution >= 4 is 67.7 Å². The molecule has 0 saturated carbocycles. The maximum absolute atomic E-state index is 13.2. The first-order chi connectivity index (χ1) is 15.8. The topological polar surface area (TPSA) is 54.7 Å². The monoisotopic (exact) mass is 562 g/mol. The summed E-state index contributed by atoms with van der Waals surface area (Å²) in [6, 6.07) is 16.6. The third kappa shape index (κ3) is 5.08. The fourth-order valence-electron chi connectivity index (χ4n) is 4.15. The molecule has 1 heterocycles. The number of benzene rings is 3. The van der Waals surface area contributed by atoms with Gasteiger partial charge in [0.05, 0.1) is 22.2 Å². The molecule has 4 rings (SSSR count). The second-order valence-electron chi connectivity index (χ2n) is 8.22. The molecule has 0 bridgehead atoms. The van der Waals surface area contributed by atoms with Crippen LogP contribution < -0.4 is 0 Å². The molecule has 0 atom stereocenters. The Hall–Kier alpha value is -2.19. The Balaban J connectivity index is 0.00000324. The Bertz CT molecular complexity index is 1350. The normalized spacial score (nSPS) is 11.2. The van der Waals surface area contributed by atoms with E-state index in [2.05, 4.69) is 46.3 Å². The largest absolute Gasteiger partial charge is 0.506 e. The third-order valence-electron chi connectivity index (χ3n) is 5.69. The van der Waals surface area contributed by atoms with Gasteiger partial charge < -0.3 is 19.3 Å². The smallest absolute Gasteiger partial charge is 0.340 e. The molecular formula is C26H28BrClN2O3S. The van der Waals surface area contributed by atoms with Crippen LogP contribution in [0.15, 0.2) is 57.9 Å². The molecule has 0 spiro atoms. The van der Waals surface area contributed by atoms with E-state index in [1.165, 1.54) is 10.8 Å². The zero-order valence-electron chi connectivity index (χ0n) is 19.6. The van der Waals surface area contributed by atoms with Crippen molar-refractivity contribution in [2.45, 2.75) is 24.1 Å². The molecule has 8 heteroatoms. The van der Waals surface area contributed by atoms with Crippen LogP contribution in [0.3, 0.4) is 0 Å². The van der Waals surface area contributed by atoms with E-state index in [9.17, 15) is 9.90 Å². The lowest BCUT2D eigenvalue weighted by Gasteiger charge is -2.15. The number of esters is 1. The van der Waals surface area contributed by atoms with Gasteiger partial charge in [-0.05, 0) is 65.9 Å². The summed E-state index contributed by atoms with van der Waals surface area (Å²) >= 11 is 5.17. The van der Waals surface area contributed by atoms with E-state index in [0.29, 0.717) is 27.9 Å². The van der Waals surface area contributed by atoms with Crippen LogP contribution in [-0.2, 0) is 24.1 Å². The van der Waals surface area contributed by atoms with Crippen LogP contribution in [0.5, 0.6) is 5.75 Å². The van der Waals surface area contributed by atoms with Gasteiger partial charge in [-0.25, -0.2) is 4.79 Å². The highest BCUT2D eigenvalue weighted by Gasteiger charge is 2.27. The molecule has 0 aliphatic carbocycles. The minimum Gasteiger partial charge on any atom is -0.506 e. The molecule has 0 aliphatic rings. The minimum atomic E-state index is -0.362. The van der Waals surface area contributed by atoms with E-state index in [4.69, 9.17) is 4.74 Å². The van der Waals surface area contributed by atoms with Crippen LogP contribution >= 0.6 is 40.1 Å². The summed E-state index contributed by atoms with van der Waals surface area (Å²) in [4.78, 5) is 16.3. The van der Waals surface area contributed by atoms with Crippen molar-refractivity contribution in [3.05, 3.63) is 69.8 Å². The number of thioether (sulfide) groups is 1. The summed E-state index contributed by atoms with van der Waals surface area (Å²) < 4.78 is 8.11. The maximum Gasteiger partial charge on any atom is 0.340 e. The molecule has 0 radical (unpaired) electrons. The minimum absolute atomic E-state index is 0. The molecule has 180 valence electrons. The summed E-state index contributed by atoms with van der Waals surface area (Å²) in [5.74, 6) is 0.386. The number of rotatable bonds is 7. The SMILES string of the molecule is CCOC(=O)c1c(CSc2ccc3ccccc3c2)n(C)c2cc(Br)c(O)c(CN(C)C)c12.Cl. The van der Waals surface area contributed by atoms with Gasteiger partial charge in [0.15, 0.2) is 0 Å². The van der Waals surface area contributed by atoms with Gasteiger partial charge in [-0.15, -0.1) is 24.2 Å². The van der Waals surface area contributed by atoms with Gasteiger partial charge in [-0.1, -0.05) is 30.3 Å². The number of carbonyl (C=O) groups excluding carboxylic acids is 1. The number of phenols is 1. The van der Waals surface area contributed by atoms with Gasteiger partial charge >= 0.3 is 5.97 Å². The van der Waals surface area contributed by atoms with E-state index in [-0.39, 0.29) is 30.7 Å². The van der Waals surface area contributed by atoms with Crippen molar-refractivity contribution in [2.24, 2.45) is 7.05 Å². The van der Waals surface area contributed by atoms with Crippen LogP contribution in [0.25, 0.3) is 21.7 Å². The third-order valence-corrected chi connectivity index (χ3v) is 7.30. The Morgan fingerprint density at radius 3 is 2.53 bits per heavy atom. The number of fused-ring (bicyclic) bond motifs is 2. The number of aromatic nitrogens is 1. The Morgan fingerprint density at radius 2 is 1.85 bits per heavy atom. The van der Waals surface area contributed by atoms with Crippen LogP contribution in [0, 0.1) is 0 Å². The van der Waals surface area contributed by atoms with Crippen molar-refractivity contribution in [2.75, 3.05) is 20.7 Å². The van der Waals surface area contributed by atoms with Gasteiger partial charge in [-0.3, -0.25) is 0 Å². The number of nitrogens with zero attached hydrogens (tertiary/aromatic N) is 2. The summed E-state index contributed by atoms with van der Waals surface area (Å²) in [6.45, 7) is 2.59. The molecule has 0 amide bonds. The first-order valence-corrected chi connectivity index (χ1v) is 12.5. The van der Waals surface area contributed by atoms with Gasteiger partial charge in [-0.2, -0.15) is 0 Å². The number of aromatic hydroxyl groups is 1. The van der Waals surface area contributed by atoms with Crippen LogP contribution in [0.1, 0.15) is 28.5 Å². The molecule has 0 saturated heterocycles. The quantitative estimate of drug-likeness (QED) is 0.199. The number of hydrogen-bond acceptors (Lipinski definition) is 5. The predicted octanol–water partition coefficient (Wildman–Crippen LogP) is 6.75. The van der Waals surface area contributed by atoms with Crippen LogP contribution in [0.4, 0.5) is 0 Å². The van der Waals surface area contributed by atoms with E-state index < -0.39 is 0 Å². The summed E-state index contributed by atoms with van der Waals surface area (Å²) in [6.07, 6.45) is 0. The highest BCUT2D eigenvalue weighted by molar-refractivity contribution is 9.10. The average molecular weight is 564 g/mol. The summed E-state index contributed by atoms with van der Waals surface area (Å²) in [5, 5.41) is 14.0. The second kappa shape index (κ2) is 11.0. The number of hydrogen-bond donors (Lipinski definition) is 1. The molecular weight excluding hydrogens is 536 g/mol. The standard InChI is InChI=1S/C26H27BrN2O3S.ClH/c1-5-32-26(31)24-22(15-33-18-11-10-16-8-6-7-9-17(16)12-18)29(4)21-13-20(27)25(30)19(23(21)24)14-28(2)3;/h6-13,30H,5,14-15H2,1-4H3;1H. The lowest BCUT2D eigenvalue weighted by Crippen LogP contribution is -2.13. The lowest BCUT2D eigenvalue weighted by atomic mass is 10.0. The molecule has 0 fully saturated rings. The number of aryl methyl sites for hydroxylation is 1. The molecule has 0 unspecified atom stereocenters. The fourth-order valence-corrected chi connectivity index (χ4v) is 5.62. The molecule has 5 nitrogen and oxygen atoms in total. The van der Waals surface area contributed by atoms with Crippen molar-refractivity contribution in [3.63, 3.8) is 0 Å². The molecule has 1 N–H and O–H groups in total. The highest BCUT2D eigenvalue weighted by Crippen LogP contribution is 2.41. The summed E-state index contributed by atoms with van der Waals surface area (Å²) in [7, 11) is 5.84. The zero-order valence-corrected chi connectivity index (χ0v) is 22.8. The van der Waals surface area contributed by atoms with Gasteiger partial charge in [0, 0.05) is 40.9 Å². The first-order valence-electron chi connectivity index (χ1n) is 10.8. The maximum atomic E-state index is 13.2. The van der Waals surface area contributed by atoms with Crippen LogP contribution in [0.2, 0.25) is 0 Å². The number of phenolic OH excluding ortho intramolecular Hbond substituents is 1. The Labute approximate surface area is 218 Å². The highest BCUT2D eigenvalue weighted by atomic mass is 79.9. The molecule has 3 aromatic carbocycles. The summed E-state index contributed by atoms with van der Waals surface area (Å²) in [5.41, 5.74) is 3.00. The van der Waals surface area contributed by atoms with Gasteiger partial charge in [0.25, 0.3) is 0 Å². The molecule has 34 heavy (non-hydrogen) atoms. The average Bonchev–Trinajstić information content (AvgIpc) is 3.06. The van der Waals surface area contributed by atoms with Crippen molar-refractivity contribution in [1.29, 1.82) is 0 Å². The van der Waals surface area contributed by atoms with E-state index in [0.717, 1.165) is 21.5 Å². The van der Waals surface area contributed by atoms with E-state index in [1.807, 2.05) is 48.8 Å².